The fourth-order valence-electron chi connectivity index (χ4n) is 3.82. The second-order valence-electron chi connectivity index (χ2n) is 6.75. The number of pyridine rings is 1. The molecule has 0 aromatic carbocycles. The molecule has 9 heteroatoms. The monoisotopic (exact) mass is 370 g/mol. The van der Waals surface area contributed by atoms with Crippen LogP contribution < -0.4 is 16.2 Å². The molecule has 3 atom stereocenters. The van der Waals surface area contributed by atoms with Crippen LogP contribution in [0.15, 0.2) is 30.7 Å². The minimum atomic E-state index is -0.490. The van der Waals surface area contributed by atoms with E-state index < -0.39 is 6.04 Å². The molecule has 2 aliphatic rings. The maximum atomic E-state index is 12.4. The topological polar surface area (TPSA) is 110 Å². The molecule has 3 N–H and O–H groups in total. The Morgan fingerprint density at radius 2 is 2.30 bits per heavy atom. The first-order valence-electron chi connectivity index (χ1n) is 9.07. The average molecular weight is 370 g/mol. The van der Waals surface area contributed by atoms with Crippen LogP contribution >= 0.6 is 0 Å². The quantitative estimate of drug-likeness (QED) is 0.654. The fraction of sp³-hybridized carbons (Fsp3) is 0.444. The van der Waals surface area contributed by atoms with Gasteiger partial charge in [-0.25, -0.2) is 10.1 Å². The maximum Gasteiger partial charge on any atom is 0.324 e. The molecule has 4 heterocycles. The minimum absolute atomic E-state index is 0.0741. The normalized spacial score (nSPS) is 24.3. The van der Waals surface area contributed by atoms with Gasteiger partial charge in [-0.05, 0) is 18.6 Å². The highest BCUT2D eigenvalue weighted by molar-refractivity contribution is 5.94. The SMILES string of the molecule is CCOC(=O)C1NNCC1C1CC(=O)Nc2c1cnn2Cc1cccnc1. The molecule has 1 fully saturated rings. The Labute approximate surface area is 156 Å². The highest BCUT2D eigenvalue weighted by Gasteiger charge is 2.43. The van der Waals surface area contributed by atoms with Crippen LogP contribution in [0.2, 0.25) is 0 Å². The van der Waals surface area contributed by atoms with Gasteiger partial charge in [0.05, 0.1) is 19.3 Å². The number of amides is 1. The van der Waals surface area contributed by atoms with Crippen LogP contribution in [0.25, 0.3) is 0 Å². The van der Waals surface area contributed by atoms with Crippen molar-refractivity contribution >= 4 is 17.7 Å². The molecule has 2 aromatic heterocycles. The van der Waals surface area contributed by atoms with E-state index in [2.05, 4.69) is 26.3 Å². The van der Waals surface area contributed by atoms with Crippen LogP contribution in [0.4, 0.5) is 5.82 Å². The number of hydrazine groups is 1. The summed E-state index contributed by atoms with van der Waals surface area (Å²) < 4.78 is 6.95. The molecule has 9 nitrogen and oxygen atoms in total. The van der Waals surface area contributed by atoms with Gasteiger partial charge >= 0.3 is 5.97 Å². The Morgan fingerprint density at radius 3 is 3.07 bits per heavy atom. The molecule has 0 bridgehead atoms. The zero-order chi connectivity index (χ0) is 18.8. The number of aromatic nitrogens is 3. The summed E-state index contributed by atoms with van der Waals surface area (Å²) in [7, 11) is 0. The predicted molar refractivity (Wildman–Crippen MR) is 96.6 cm³/mol. The van der Waals surface area contributed by atoms with Crippen molar-refractivity contribution in [2.75, 3.05) is 18.5 Å². The molecule has 142 valence electrons. The summed E-state index contributed by atoms with van der Waals surface area (Å²) in [5.41, 5.74) is 7.96. The van der Waals surface area contributed by atoms with Crippen molar-refractivity contribution in [1.29, 1.82) is 0 Å². The van der Waals surface area contributed by atoms with Gasteiger partial charge in [-0.2, -0.15) is 5.10 Å². The number of fused-ring (bicyclic) bond motifs is 1. The van der Waals surface area contributed by atoms with Crippen LogP contribution in [-0.2, 0) is 20.9 Å². The number of anilines is 1. The first kappa shape index (κ1) is 17.6. The molecule has 27 heavy (non-hydrogen) atoms. The smallest absolute Gasteiger partial charge is 0.324 e. The highest BCUT2D eigenvalue weighted by atomic mass is 16.5. The number of nitrogens with zero attached hydrogens (tertiary/aromatic N) is 3. The van der Waals surface area contributed by atoms with Gasteiger partial charge < -0.3 is 10.1 Å². The number of rotatable bonds is 5. The summed E-state index contributed by atoms with van der Waals surface area (Å²) in [4.78, 5) is 28.8. The standard InChI is InChI=1S/C18H22N6O3/c1-2-27-18(26)16-13(8-20-23-16)12-6-15(25)22-17-14(12)9-21-24(17)10-11-4-3-5-19-7-11/h3-5,7,9,12-13,16,20,23H,2,6,8,10H2,1H3,(H,22,25). The van der Waals surface area contributed by atoms with E-state index in [4.69, 9.17) is 4.74 Å². The summed E-state index contributed by atoms with van der Waals surface area (Å²) in [6.07, 6.45) is 5.60. The molecule has 1 amide bonds. The summed E-state index contributed by atoms with van der Waals surface area (Å²) >= 11 is 0. The fourth-order valence-corrected chi connectivity index (χ4v) is 3.82. The number of hydrogen-bond donors (Lipinski definition) is 3. The maximum absolute atomic E-state index is 12.4. The lowest BCUT2D eigenvalue weighted by molar-refractivity contribution is -0.146. The molecular weight excluding hydrogens is 348 g/mol. The van der Waals surface area contributed by atoms with Crippen molar-refractivity contribution in [3.63, 3.8) is 0 Å². The van der Waals surface area contributed by atoms with Gasteiger partial charge in [0.2, 0.25) is 5.91 Å². The zero-order valence-corrected chi connectivity index (χ0v) is 15.0. The van der Waals surface area contributed by atoms with Crippen molar-refractivity contribution in [3.8, 4) is 0 Å². The average Bonchev–Trinajstić information content (AvgIpc) is 3.30. The van der Waals surface area contributed by atoms with Gasteiger partial charge in [0, 0.05) is 42.8 Å². The Morgan fingerprint density at radius 1 is 1.41 bits per heavy atom. The molecular formula is C18H22N6O3. The molecule has 4 rings (SSSR count). The van der Waals surface area contributed by atoms with E-state index in [0.717, 1.165) is 11.1 Å². The zero-order valence-electron chi connectivity index (χ0n) is 15.0. The third-order valence-corrected chi connectivity index (χ3v) is 5.07. The van der Waals surface area contributed by atoms with Crippen molar-refractivity contribution in [2.45, 2.75) is 31.8 Å². The highest BCUT2D eigenvalue weighted by Crippen LogP contribution is 2.39. The van der Waals surface area contributed by atoms with E-state index in [1.165, 1.54) is 0 Å². The lowest BCUT2D eigenvalue weighted by Gasteiger charge is -2.29. The molecule has 3 unspecified atom stereocenters. The molecule has 2 aliphatic heterocycles. The van der Waals surface area contributed by atoms with Gasteiger partial charge in [0.15, 0.2) is 0 Å². The molecule has 0 radical (unpaired) electrons. The van der Waals surface area contributed by atoms with Crippen molar-refractivity contribution < 1.29 is 14.3 Å². The van der Waals surface area contributed by atoms with Crippen LogP contribution in [0.5, 0.6) is 0 Å². The first-order chi connectivity index (χ1) is 13.2. The number of esters is 1. The summed E-state index contributed by atoms with van der Waals surface area (Å²) in [6.45, 7) is 3.19. The van der Waals surface area contributed by atoms with E-state index in [0.29, 0.717) is 31.9 Å². The van der Waals surface area contributed by atoms with Crippen LogP contribution in [0.1, 0.15) is 30.4 Å². The predicted octanol–water partition coefficient (Wildman–Crippen LogP) is 0.408. The molecule has 2 aromatic rings. The third kappa shape index (κ3) is 3.43. The molecule has 0 aliphatic carbocycles. The molecule has 1 saturated heterocycles. The molecule has 0 saturated carbocycles. The summed E-state index contributed by atoms with van der Waals surface area (Å²) in [5.74, 6) is 0.102. The van der Waals surface area contributed by atoms with E-state index in [9.17, 15) is 9.59 Å². The lowest BCUT2D eigenvalue weighted by atomic mass is 9.79. The van der Waals surface area contributed by atoms with E-state index in [1.807, 2.05) is 12.1 Å². The van der Waals surface area contributed by atoms with Crippen LogP contribution in [-0.4, -0.2) is 45.8 Å². The summed E-state index contributed by atoms with van der Waals surface area (Å²) in [5, 5.41) is 7.41. The van der Waals surface area contributed by atoms with E-state index in [-0.39, 0.29) is 23.7 Å². The van der Waals surface area contributed by atoms with Gasteiger partial charge in [-0.15, -0.1) is 0 Å². The number of carbonyl (C=O) groups is 2. The van der Waals surface area contributed by atoms with Crippen LogP contribution in [0, 0.1) is 5.92 Å². The van der Waals surface area contributed by atoms with Crippen LogP contribution in [0.3, 0.4) is 0 Å². The minimum Gasteiger partial charge on any atom is -0.465 e. The van der Waals surface area contributed by atoms with E-state index in [1.54, 1.807) is 30.2 Å². The second kappa shape index (κ2) is 7.45. The summed E-state index contributed by atoms with van der Waals surface area (Å²) in [6, 6.07) is 3.34. The van der Waals surface area contributed by atoms with Gasteiger partial charge in [-0.1, -0.05) is 6.07 Å². The molecule has 0 spiro atoms. The third-order valence-electron chi connectivity index (χ3n) is 5.07. The lowest BCUT2D eigenvalue weighted by Crippen LogP contribution is -2.42. The number of hydrogen-bond acceptors (Lipinski definition) is 7. The van der Waals surface area contributed by atoms with Gasteiger partial charge in [-0.3, -0.25) is 20.0 Å². The Hall–Kier alpha value is -2.78. The Kier molecular flexibility index (Phi) is 4.87. The van der Waals surface area contributed by atoms with Crippen molar-refractivity contribution in [1.82, 2.24) is 25.6 Å². The Bertz CT molecular complexity index is 837. The number of ether oxygens (including phenoxy) is 1. The van der Waals surface area contributed by atoms with Crippen molar-refractivity contribution in [3.05, 3.63) is 41.9 Å². The first-order valence-corrected chi connectivity index (χ1v) is 9.07. The van der Waals surface area contributed by atoms with E-state index >= 15 is 0 Å². The number of carbonyl (C=O) groups excluding carboxylic acids is 2. The Balaban J connectivity index is 1.62. The largest absolute Gasteiger partial charge is 0.465 e. The second-order valence-corrected chi connectivity index (χ2v) is 6.75. The number of nitrogens with one attached hydrogen (secondary N) is 3. The van der Waals surface area contributed by atoms with Gasteiger partial charge in [0.1, 0.15) is 11.9 Å². The van der Waals surface area contributed by atoms with Crippen molar-refractivity contribution in [2.24, 2.45) is 5.92 Å². The van der Waals surface area contributed by atoms with Gasteiger partial charge in [0.25, 0.3) is 0 Å².